The van der Waals surface area contributed by atoms with Gasteiger partial charge in [0.1, 0.15) is 29.2 Å². The van der Waals surface area contributed by atoms with Gasteiger partial charge in [-0.3, -0.25) is 9.78 Å². The lowest BCUT2D eigenvalue weighted by molar-refractivity contribution is -0.114. The van der Waals surface area contributed by atoms with Crippen molar-refractivity contribution in [1.82, 2.24) is 4.98 Å². The topological polar surface area (TPSA) is 53.8 Å². The smallest absolute Gasteiger partial charge is 0.218 e. The number of rotatable bonds is 4. The van der Waals surface area contributed by atoms with E-state index in [1.165, 1.54) is 18.2 Å². The molecule has 3 aromatic rings. The van der Waals surface area contributed by atoms with Gasteiger partial charge in [0, 0.05) is 17.2 Å². The van der Waals surface area contributed by atoms with Crippen molar-refractivity contribution in [2.45, 2.75) is 5.92 Å². The highest BCUT2D eigenvalue weighted by Gasteiger charge is 2.30. The van der Waals surface area contributed by atoms with E-state index in [2.05, 4.69) is 4.98 Å². The van der Waals surface area contributed by atoms with Crippen LogP contribution in [0.15, 0.2) is 48.5 Å². The molecule has 0 amide bonds. The predicted octanol–water partition coefficient (Wildman–Crippen LogP) is 4.51. The van der Waals surface area contributed by atoms with Gasteiger partial charge in [0.25, 0.3) is 0 Å². The zero-order valence-electron chi connectivity index (χ0n) is 14.6. The number of carbonyl (C=O) groups is 1. The third-order valence-electron chi connectivity index (χ3n) is 4.17. The molecule has 1 aromatic heterocycles. The fraction of sp³-hybridized carbons (Fsp3) is 0.0455. The molecule has 0 aliphatic rings. The highest BCUT2D eigenvalue weighted by atomic mass is 19.1. The van der Waals surface area contributed by atoms with E-state index in [1.54, 1.807) is 6.07 Å². The lowest BCUT2D eigenvalue weighted by atomic mass is 9.89. The van der Waals surface area contributed by atoms with Crippen molar-refractivity contribution >= 4 is 5.78 Å². The second kappa shape index (κ2) is 7.95. The van der Waals surface area contributed by atoms with Crippen LogP contribution in [-0.4, -0.2) is 10.8 Å². The van der Waals surface area contributed by atoms with E-state index in [4.69, 9.17) is 11.7 Å². The van der Waals surface area contributed by atoms with Crippen LogP contribution in [0.3, 0.4) is 0 Å². The average molecular weight is 394 g/mol. The van der Waals surface area contributed by atoms with Gasteiger partial charge in [-0.15, -0.1) is 6.42 Å². The number of hydrogen-bond acceptors (Lipinski definition) is 3. The number of hydrogen-bond donors (Lipinski definition) is 0. The first-order valence-electron chi connectivity index (χ1n) is 8.17. The lowest BCUT2D eigenvalue weighted by Crippen LogP contribution is -2.17. The number of Topliss-reactive ketones (excluding diaryl/α,β-unsaturated/α-hetero) is 1. The first kappa shape index (κ1) is 19.8. The molecule has 0 spiro atoms. The predicted molar refractivity (Wildman–Crippen MR) is 96.3 cm³/mol. The Bertz CT molecular complexity index is 1190. The minimum absolute atomic E-state index is 0.0179. The molecule has 0 fully saturated rings. The summed E-state index contributed by atoms with van der Waals surface area (Å²) in [7, 11) is 0. The largest absolute Gasteiger partial charge is 0.284 e. The van der Waals surface area contributed by atoms with E-state index in [0.717, 1.165) is 24.3 Å². The monoisotopic (exact) mass is 394 g/mol. The van der Waals surface area contributed by atoms with Crippen LogP contribution in [0.1, 0.15) is 22.7 Å². The number of halogens is 4. The second-order valence-electron chi connectivity index (χ2n) is 5.98. The van der Waals surface area contributed by atoms with Crippen molar-refractivity contribution in [2.75, 3.05) is 0 Å². The van der Waals surface area contributed by atoms with Gasteiger partial charge in [0.05, 0.1) is 23.0 Å². The molecular formula is C22H10F4N2O. The Labute approximate surface area is 163 Å². The molecule has 142 valence electrons. The van der Waals surface area contributed by atoms with E-state index in [9.17, 15) is 22.4 Å². The summed E-state index contributed by atoms with van der Waals surface area (Å²) in [5.74, 6) is -4.74. The molecule has 3 rings (SSSR count). The van der Waals surface area contributed by atoms with Crippen molar-refractivity contribution in [1.29, 1.82) is 5.26 Å². The van der Waals surface area contributed by atoms with Gasteiger partial charge < -0.3 is 0 Å². The molecule has 7 heteroatoms. The molecule has 1 atom stereocenters. The molecular weight excluding hydrogens is 384 g/mol. The van der Waals surface area contributed by atoms with Gasteiger partial charge >= 0.3 is 0 Å². The summed E-state index contributed by atoms with van der Waals surface area (Å²) in [4.78, 5) is 16.5. The van der Waals surface area contributed by atoms with Gasteiger partial charge in [0.15, 0.2) is 0 Å². The summed E-state index contributed by atoms with van der Waals surface area (Å²) in [6, 6.07) is 10.1. The van der Waals surface area contributed by atoms with E-state index >= 15 is 0 Å². The fourth-order valence-electron chi connectivity index (χ4n) is 2.88. The Kier molecular flexibility index (Phi) is 5.43. The van der Waals surface area contributed by atoms with Gasteiger partial charge in [-0.1, -0.05) is 6.07 Å². The van der Waals surface area contributed by atoms with Crippen LogP contribution >= 0.6 is 0 Å². The zero-order chi connectivity index (χ0) is 21.1. The number of ketones is 1. The molecule has 0 saturated carbocycles. The van der Waals surface area contributed by atoms with Crippen LogP contribution in [-0.2, 0) is 4.79 Å². The van der Waals surface area contributed by atoms with Crippen molar-refractivity contribution in [3.8, 4) is 29.7 Å². The number of pyridine rings is 1. The summed E-state index contributed by atoms with van der Waals surface area (Å²) in [5.41, 5.74) is -1.12. The lowest BCUT2D eigenvalue weighted by Gasteiger charge is -2.16. The first-order valence-corrected chi connectivity index (χ1v) is 8.17. The number of carbonyl (C=O) groups excluding carboxylic acids is 1. The third kappa shape index (κ3) is 3.85. The van der Waals surface area contributed by atoms with Crippen molar-refractivity contribution in [2.24, 2.45) is 0 Å². The van der Waals surface area contributed by atoms with Crippen molar-refractivity contribution < 1.29 is 22.4 Å². The van der Waals surface area contributed by atoms with Gasteiger partial charge in [-0.25, -0.2) is 17.6 Å². The number of nitriles is 1. The summed E-state index contributed by atoms with van der Waals surface area (Å²) in [6.45, 7) is 0. The summed E-state index contributed by atoms with van der Waals surface area (Å²) < 4.78 is 56.3. The molecule has 0 saturated heterocycles. The van der Waals surface area contributed by atoms with E-state index in [0.29, 0.717) is 6.07 Å². The molecule has 1 unspecified atom stereocenters. The standard InChI is InChI=1S/C22H10F4N2O/c1-2-20(29)22(21-16(25)8-12(11-27)9-17(21)26)19-5-3-4-18(28-19)14-7-6-13(23)10-15(14)24/h1,3-10,22H. The Morgan fingerprint density at radius 2 is 1.69 bits per heavy atom. The molecule has 0 N–H and O–H groups in total. The molecule has 2 aromatic carbocycles. The van der Waals surface area contributed by atoms with Crippen LogP contribution in [0.2, 0.25) is 0 Å². The van der Waals surface area contributed by atoms with Crippen LogP contribution in [0.5, 0.6) is 0 Å². The zero-order valence-corrected chi connectivity index (χ0v) is 14.6. The summed E-state index contributed by atoms with van der Waals surface area (Å²) in [6.07, 6.45) is 5.17. The number of terminal acetylenes is 1. The molecule has 29 heavy (non-hydrogen) atoms. The Balaban J connectivity index is 2.19. The van der Waals surface area contributed by atoms with Crippen LogP contribution in [0.4, 0.5) is 17.6 Å². The second-order valence-corrected chi connectivity index (χ2v) is 5.98. The van der Waals surface area contributed by atoms with E-state index in [1.807, 2.05) is 5.92 Å². The third-order valence-corrected chi connectivity index (χ3v) is 4.17. The molecule has 3 nitrogen and oxygen atoms in total. The minimum atomic E-state index is -1.61. The maximum absolute atomic E-state index is 14.5. The van der Waals surface area contributed by atoms with Crippen LogP contribution in [0.25, 0.3) is 11.3 Å². The highest BCUT2D eigenvalue weighted by molar-refractivity contribution is 6.02. The molecule has 1 heterocycles. The average Bonchev–Trinajstić information content (AvgIpc) is 2.70. The number of aromatic nitrogens is 1. The number of nitrogens with zero attached hydrogens (tertiary/aromatic N) is 2. The van der Waals surface area contributed by atoms with E-state index < -0.39 is 40.5 Å². The highest BCUT2D eigenvalue weighted by Crippen LogP contribution is 2.31. The van der Waals surface area contributed by atoms with E-state index in [-0.39, 0.29) is 22.5 Å². The summed E-state index contributed by atoms with van der Waals surface area (Å²) in [5, 5.41) is 8.84. The molecule has 0 aliphatic heterocycles. The normalized spacial score (nSPS) is 11.4. The minimum Gasteiger partial charge on any atom is -0.284 e. The van der Waals surface area contributed by atoms with Gasteiger partial charge in [-0.2, -0.15) is 5.26 Å². The van der Waals surface area contributed by atoms with Crippen LogP contribution < -0.4 is 0 Å². The van der Waals surface area contributed by atoms with Crippen molar-refractivity contribution in [3.05, 3.63) is 88.6 Å². The fourth-order valence-corrected chi connectivity index (χ4v) is 2.88. The maximum Gasteiger partial charge on any atom is 0.218 e. The maximum atomic E-state index is 14.5. The Morgan fingerprint density at radius 1 is 1.00 bits per heavy atom. The molecule has 0 aliphatic carbocycles. The summed E-state index contributed by atoms with van der Waals surface area (Å²) >= 11 is 0. The Morgan fingerprint density at radius 3 is 2.28 bits per heavy atom. The first-order chi connectivity index (χ1) is 13.8. The van der Waals surface area contributed by atoms with Gasteiger partial charge in [0.2, 0.25) is 5.78 Å². The van der Waals surface area contributed by atoms with Gasteiger partial charge in [-0.05, 0) is 42.3 Å². The SMILES string of the molecule is C#CC(=O)C(c1cccc(-c2ccc(F)cc2F)n1)c1c(F)cc(C#N)cc1F. The molecule has 0 bridgehead atoms. The number of benzene rings is 2. The Hall–Kier alpha value is -3.97. The quantitative estimate of drug-likeness (QED) is 0.372. The van der Waals surface area contributed by atoms with Crippen molar-refractivity contribution in [3.63, 3.8) is 0 Å². The van der Waals surface area contributed by atoms with Crippen LogP contribution in [0, 0.1) is 46.9 Å². The molecule has 0 radical (unpaired) electrons.